The van der Waals surface area contributed by atoms with Crippen molar-refractivity contribution >= 4 is 12.0 Å². The Morgan fingerprint density at radius 3 is 2.44 bits per heavy atom. The molecule has 0 rings (SSSR count). The molecule has 0 aliphatic rings. The quantitative estimate of drug-likeness (QED) is 0.568. The minimum atomic E-state index is -4.63. The summed E-state index contributed by atoms with van der Waals surface area (Å²) in [5.74, 6) is -1.50. The van der Waals surface area contributed by atoms with Crippen molar-refractivity contribution in [3.63, 3.8) is 0 Å². The summed E-state index contributed by atoms with van der Waals surface area (Å²) in [7, 11) is 0. The number of alkyl halides is 3. The molecule has 0 saturated heterocycles. The van der Waals surface area contributed by atoms with Gasteiger partial charge in [0.25, 0.3) is 0 Å². The standard InChI is InChI=1S/C10H15F3N2O3/c1-2-3-4-5-14-9(18)15(6-8(16)17)7-10(11,12)13/h2-3H,4-7H2,1H3,(H,14,18)(H,16,17)/b3-2+. The highest BCUT2D eigenvalue weighted by atomic mass is 19.4. The topological polar surface area (TPSA) is 69.6 Å². The van der Waals surface area contributed by atoms with Gasteiger partial charge in [0.05, 0.1) is 0 Å². The lowest BCUT2D eigenvalue weighted by Crippen LogP contribution is -2.47. The predicted octanol–water partition coefficient (Wildman–Crippen LogP) is 1.61. The number of carbonyl (C=O) groups is 2. The molecule has 0 unspecified atom stereocenters. The monoisotopic (exact) mass is 268 g/mol. The van der Waals surface area contributed by atoms with E-state index in [1.165, 1.54) is 0 Å². The second-order valence-electron chi connectivity index (χ2n) is 3.45. The zero-order chi connectivity index (χ0) is 14.2. The van der Waals surface area contributed by atoms with Crippen LogP contribution in [0.25, 0.3) is 0 Å². The lowest BCUT2D eigenvalue weighted by atomic mass is 10.4. The zero-order valence-electron chi connectivity index (χ0n) is 9.83. The van der Waals surface area contributed by atoms with Gasteiger partial charge in [0.2, 0.25) is 0 Å². The van der Waals surface area contributed by atoms with Crippen molar-refractivity contribution in [3.8, 4) is 0 Å². The van der Waals surface area contributed by atoms with Gasteiger partial charge in [-0.3, -0.25) is 4.79 Å². The summed E-state index contributed by atoms with van der Waals surface area (Å²) >= 11 is 0. The summed E-state index contributed by atoms with van der Waals surface area (Å²) in [5, 5.41) is 10.7. The van der Waals surface area contributed by atoms with Gasteiger partial charge < -0.3 is 15.3 Å². The van der Waals surface area contributed by atoms with Gasteiger partial charge in [0.15, 0.2) is 0 Å². The number of aliphatic carboxylic acids is 1. The van der Waals surface area contributed by atoms with Crippen molar-refractivity contribution in [1.82, 2.24) is 10.2 Å². The van der Waals surface area contributed by atoms with Gasteiger partial charge in [-0.2, -0.15) is 13.2 Å². The molecule has 104 valence electrons. The molecule has 0 aliphatic heterocycles. The van der Waals surface area contributed by atoms with E-state index in [1.807, 2.05) is 0 Å². The molecular weight excluding hydrogens is 253 g/mol. The van der Waals surface area contributed by atoms with Crippen LogP contribution in [0.5, 0.6) is 0 Å². The minimum Gasteiger partial charge on any atom is -0.480 e. The van der Waals surface area contributed by atoms with Crippen molar-refractivity contribution in [3.05, 3.63) is 12.2 Å². The molecule has 0 fully saturated rings. The van der Waals surface area contributed by atoms with E-state index >= 15 is 0 Å². The first kappa shape index (κ1) is 16.3. The van der Waals surface area contributed by atoms with Crippen LogP contribution in [-0.4, -0.2) is 47.8 Å². The number of hydrogen-bond acceptors (Lipinski definition) is 2. The van der Waals surface area contributed by atoms with E-state index in [0.29, 0.717) is 6.42 Å². The molecule has 0 aromatic heterocycles. The minimum absolute atomic E-state index is 0.150. The largest absolute Gasteiger partial charge is 0.480 e. The maximum atomic E-state index is 12.1. The van der Waals surface area contributed by atoms with Crippen LogP contribution < -0.4 is 5.32 Å². The average Bonchev–Trinajstić information content (AvgIpc) is 2.20. The highest BCUT2D eigenvalue weighted by Crippen LogP contribution is 2.16. The second-order valence-corrected chi connectivity index (χ2v) is 3.45. The summed E-state index contributed by atoms with van der Waals surface area (Å²) in [4.78, 5) is 21.9. The summed E-state index contributed by atoms with van der Waals surface area (Å²) in [6.45, 7) is -0.664. The molecule has 2 N–H and O–H groups in total. The van der Waals surface area contributed by atoms with Crippen molar-refractivity contribution in [2.45, 2.75) is 19.5 Å². The fourth-order valence-corrected chi connectivity index (χ4v) is 1.12. The number of amides is 2. The molecule has 0 aliphatic carbocycles. The SMILES string of the molecule is C/C=C/CCNC(=O)N(CC(=O)O)CC(F)(F)F. The number of carbonyl (C=O) groups excluding carboxylic acids is 1. The number of urea groups is 1. The summed E-state index contributed by atoms with van der Waals surface area (Å²) in [6, 6.07) is -1.04. The third-order valence-corrected chi connectivity index (χ3v) is 1.81. The smallest absolute Gasteiger partial charge is 0.406 e. The zero-order valence-corrected chi connectivity index (χ0v) is 9.83. The van der Waals surface area contributed by atoms with Gasteiger partial charge in [0, 0.05) is 6.54 Å². The van der Waals surface area contributed by atoms with Gasteiger partial charge in [0.1, 0.15) is 13.1 Å². The molecule has 18 heavy (non-hydrogen) atoms. The number of rotatable bonds is 6. The number of halogens is 3. The number of nitrogens with zero attached hydrogens (tertiary/aromatic N) is 1. The fraction of sp³-hybridized carbons (Fsp3) is 0.600. The van der Waals surface area contributed by atoms with E-state index in [9.17, 15) is 22.8 Å². The second kappa shape index (κ2) is 7.57. The third-order valence-electron chi connectivity index (χ3n) is 1.81. The molecule has 0 atom stereocenters. The number of carboxylic acid groups (broad SMARTS) is 1. The first-order valence-corrected chi connectivity index (χ1v) is 5.18. The van der Waals surface area contributed by atoms with Gasteiger partial charge in [-0.1, -0.05) is 12.2 Å². The number of hydrogen-bond donors (Lipinski definition) is 2. The Hall–Kier alpha value is -1.73. The predicted molar refractivity (Wildman–Crippen MR) is 58.1 cm³/mol. The van der Waals surface area contributed by atoms with Crippen LogP contribution >= 0.6 is 0 Å². The van der Waals surface area contributed by atoms with Crippen molar-refractivity contribution < 1.29 is 27.9 Å². The number of allylic oxidation sites excluding steroid dienone is 1. The van der Waals surface area contributed by atoms with Gasteiger partial charge in [-0.25, -0.2) is 4.79 Å². The van der Waals surface area contributed by atoms with E-state index in [0.717, 1.165) is 0 Å². The first-order chi connectivity index (χ1) is 8.26. The van der Waals surface area contributed by atoms with E-state index < -0.39 is 31.3 Å². The van der Waals surface area contributed by atoms with E-state index in [2.05, 4.69) is 5.32 Å². The number of carboxylic acids is 1. The van der Waals surface area contributed by atoms with E-state index in [-0.39, 0.29) is 11.4 Å². The Morgan fingerprint density at radius 1 is 1.39 bits per heavy atom. The molecular formula is C10H15F3N2O3. The molecule has 0 radical (unpaired) electrons. The molecule has 0 heterocycles. The Labute approximate surface area is 102 Å². The molecule has 8 heteroatoms. The van der Waals surface area contributed by atoms with Gasteiger partial charge >= 0.3 is 18.2 Å². The maximum absolute atomic E-state index is 12.1. The van der Waals surface area contributed by atoms with Crippen LogP contribution in [0.1, 0.15) is 13.3 Å². The normalized spacial score (nSPS) is 11.6. The average molecular weight is 268 g/mol. The fourth-order valence-electron chi connectivity index (χ4n) is 1.12. The molecule has 5 nitrogen and oxygen atoms in total. The molecule has 2 amide bonds. The van der Waals surface area contributed by atoms with Crippen molar-refractivity contribution in [2.24, 2.45) is 0 Å². The van der Waals surface area contributed by atoms with E-state index in [1.54, 1.807) is 19.1 Å². The maximum Gasteiger partial charge on any atom is 0.406 e. The third kappa shape index (κ3) is 8.43. The van der Waals surface area contributed by atoms with Crippen LogP contribution in [0.15, 0.2) is 12.2 Å². The molecule has 0 saturated carbocycles. The van der Waals surface area contributed by atoms with Gasteiger partial charge in [-0.15, -0.1) is 0 Å². The van der Waals surface area contributed by atoms with Crippen LogP contribution in [0.3, 0.4) is 0 Å². The van der Waals surface area contributed by atoms with Gasteiger partial charge in [-0.05, 0) is 13.3 Å². The molecule has 0 spiro atoms. The van der Waals surface area contributed by atoms with Crippen LogP contribution in [0.4, 0.5) is 18.0 Å². The Balaban J connectivity index is 4.36. The Kier molecular flexibility index (Phi) is 6.84. The summed E-state index contributed by atoms with van der Waals surface area (Å²) in [6.07, 6.45) is -0.701. The lowest BCUT2D eigenvalue weighted by Gasteiger charge is -2.22. The molecule has 0 aromatic rings. The highest BCUT2D eigenvalue weighted by Gasteiger charge is 2.33. The lowest BCUT2D eigenvalue weighted by molar-refractivity contribution is -0.148. The van der Waals surface area contributed by atoms with Crippen molar-refractivity contribution in [2.75, 3.05) is 19.6 Å². The summed E-state index contributed by atoms with van der Waals surface area (Å²) in [5.41, 5.74) is 0. The van der Waals surface area contributed by atoms with Crippen LogP contribution in [0, 0.1) is 0 Å². The Bertz CT molecular complexity index is 316. The van der Waals surface area contributed by atoms with Crippen LogP contribution in [0.2, 0.25) is 0 Å². The molecule has 0 aromatic carbocycles. The summed E-state index contributed by atoms with van der Waals surface area (Å²) < 4.78 is 36.4. The van der Waals surface area contributed by atoms with E-state index in [4.69, 9.17) is 5.11 Å². The van der Waals surface area contributed by atoms with Crippen LogP contribution in [-0.2, 0) is 4.79 Å². The molecule has 0 bridgehead atoms. The van der Waals surface area contributed by atoms with Crippen molar-refractivity contribution in [1.29, 1.82) is 0 Å². The first-order valence-electron chi connectivity index (χ1n) is 5.18. The Morgan fingerprint density at radius 2 is 2.00 bits per heavy atom. The highest BCUT2D eigenvalue weighted by molar-refractivity contribution is 5.80. The number of nitrogens with one attached hydrogen (secondary N) is 1.